The number of aryl methyl sites for hydroxylation is 1. The lowest BCUT2D eigenvalue weighted by molar-refractivity contribution is 0.0696. The summed E-state index contributed by atoms with van der Waals surface area (Å²) in [4.78, 5) is 15.8. The molecule has 0 amide bonds. The third kappa shape index (κ3) is 2.36. The van der Waals surface area contributed by atoms with Gasteiger partial charge in [-0.2, -0.15) is 0 Å². The van der Waals surface area contributed by atoms with Crippen molar-refractivity contribution in [1.82, 2.24) is 9.55 Å². The van der Waals surface area contributed by atoms with E-state index in [9.17, 15) is 4.79 Å². The van der Waals surface area contributed by atoms with Crippen molar-refractivity contribution >= 4 is 17.0 Å². The number of imidazole rings is 1. The summed E-state index contributed by atoms with van der Waals surface area (Å²) < 4.78 is 13.0. The van der Waals surface area contributed by atoms with Gasteiger partial charge in [-0.1, -0.05) is 19.1 Å². The second-order valence-electron chi connectivity index (χ2n) is 5.67. The quantitative estimate of drug-likeness (QED) is 0.798. The average Bonchev–Trinajstić information content (AvgIpc) is 3.17. The maximum absolute atomic E-state index is 11.2. The zero-order chi connectivity index (χ0) is 16.7. The minimum absolute atomic E-state index is 0.225. The molecular weight excluding hydrogens is 308 g/mol. The molecule has 0 bridgehead atoms. The van der Waals surface area contributed by atoms with Gasteiger partial charge in [0.2, 0.25) is 6.79 Å². The van der Waals surface area contributed by atoms with Crippen LogP contribution in [-0.4, -0.2) is 27.4 Å². The highest BCUT2D eigenvalue weighted by Crippen LogP contribution is 2.36. The third-order valence-corrected chi connectivity index (χ3v) is 4.15. The second-order valence-corrected chi connectivity index (χ2v) is 5.67. The van der Waals surface area contributed by atoms with Crippen LogP contribution in [0.3, 0.4) is 0 Å². The third-order valence-electron chi connectivity index (χ3n) is 4.15. The largest absolute Gasteiger partial charge is 0.478 e. The summed E-state index contributed by atoms with van der Waals surface area (Å²) in [6.07, 6.45) is 0.777. The molecular formula is C18H16N2O4. The molecule has 3 aromatic rings. The van der Waals surface area contributed by atoms with Gasteiger partial charge < -0.3 is 19.1 Å². The second kappa shape index (κ2) is 5.56. The van der Waals surface area contributed by atoms with Crippen LogP contribution >= 0.6 is 0 Å². The molecule has 122 valence electrons. The van der Waals surface area contributed by atoms with E-state index < -0.39 is 5.97 Å². The van der Waals surface area contributed by atoms with E-state index in [1.807, 2.05) is 25.1 Å². The molecule has 0 radical (unpaired) electrons. The van der Waals surface area contributed by atoms with Gasteiger partial charge in [-0.3, -0.25) is 0 Å². The Bertz CT molecular complexity index is 946. The number of fused-ring (bicyclic) bond motifs is 2. The van der Waals surface area contributed by atoms with E-state index in [-0.39, 0.29) is 12.4 Å². The standard InChI is InChI=1S/C18H16N2O4/c1-2-17-19-13-7-15-16(24-10-23-15)8-14(13)20(17)9-11-4-3-5-12(6-11)18(21)22/h3-8H,2,9-10H2,1H3,(H,21,22). The van der Waals surface area contributed by atoms with Crippen LogP contribution in [0.1, 0.15) is 28.7 Å². The van der Waals surface area contributed by atoms with Crippen molar-refractivity contribution in [3.63, 3.8) is 0 Å². The van der Waals surface area contributed by atoms with Crippen LogP contribution in [0.25, 0.3) is 11.0 Å². The first-order chi connectivity index (χ1) is 11.7. The van der Waals surface area contributed by atoms with E-state index in [0.29, 0.717) is 18.0 Å². The van der Waals surface area contributed by atoms with Crippen LogP contribution in [0, 0.1) is 0 Å². The Kier molecular flexibility index (Phi) is 3.37. The van der Waals surface area contributed by atoms with Gasteiger partial charge in [-0.05, 0) is 17.7 Å². The number of nitrogens with zero attached hydrogens (tertiary/aromatic N) is 2. The number of hydrogen-bond acceptors (Lipinski definition) is 4. The van der Waals surface area contributed by atoms with E-state index in [1.54, 1.807) is 18.2 Å². The Morgan fingerprint density at radius 3 is 2.79 bits per heavy atom. The van der Waals surface area contributed by atoms with Crippen LogP contribution in [0.5, 0.6) is 11.5 Å². The normalized spacial score (nSPS) is 12.7. The highest BCUT2D eigenvalue weighted by molar-refractivity contribution is 5.87. The fourth-order valence-electron chi connectivity index (χ4n) is 3.00. The summed E-state index contributed by atoms with van der Waals surface area (Å²) in [7, 11) is 0. The molecule has 0 spiro atoms. The van der Waals surface area contributed by atoms with Gasteiger partial charge in [0.05, 0.1) is 16.6 Å². The molecule has 2 heterocycles. The van der Waals surface area contributed by atoms with Gasteiger partial charge in [-0.25, -0.2) is 9.78 Å². The number of hydrogen-bond donors (Lipinski definition) is 1. The van der Waals surface area contributed by atoms with Crippen molar-refractivity contribution in [3.05, 3.63) is 53.3 Å². The fourth-order valence-corrected chi connectivity index (χ4v) is 3.00. The van der Waals surface area contributed by atoms with E-state index in [4.69, 9.17) is 14.6 Å². The SMILES string of the molecule is CCc1nc2cc3c(cc2n1Cc1cccc(C(=O)O)c1)OCO3. The van der Waals surface area contributed by atoms with Crippen LogP contribution < -0.4 is 9.47 Å². The first kappa shape index (κ1) is 14.6. The van der Waals surface area contributed by atoms with Crippen LogP contribution in [0.2, 0.25) is 0 Å². The predicted molar refractivity (Wildman–Crippen MR) is 87.7 cm³/mol. The van der Waals surface area contributed by atoms with E-state index in [1.165, 1.54) is 0 Å². The highest BCUT2D eigenvalue weighted by atomic mass is 16.7. The summed E-state index contributed by atoms with van der Waals surface area (Å²) >= 11 is 0. The van der Waals surface area contributed by atoms with Gasteiger partial charge in [0, 0.05) is 25.1 Å². The lowest BCUT2D eigenvalue weighted by atomic mass is 10.1. The number of ether oxygens (including phenoxy) is 2. The average molecular weight is 324 g/mol. The fraction of sp³-hybridized carbons (Fsp3) is 0.222. The van der Waals surface area contributed by atoms with E-state index in [0.717, 1.165) is 28.8 Å². The Morgan fingerprint density at radius 1 is 1.25 bits per heavy atom. The maximum atomic E-state index is 11.2. The van der Waals surface area contributed by atoms with Crippen molar-refractivity contribution in [3.8, 4) is 11.5 Å². The molecule has 1 N–H and O–H groups in total. The van der Waals surface area contributed by atoms with Crippen LogP contribution in [0.4, 0.5) is 0 Å². The summed E-state index contributed by atoms with van der Waals surface area (Å²) in [6.45, 7) is 2.83. The maximum Gasteiger partial charge on any atom is 0.335 e. The lowest BCUT2D eigenvalue weighted by Crippen LogP contribution is -2.06. The van der Waals surface area contributed by atoms with E-state index in [2.05, 4.69) is 9.55 Å². The number of carboxylic acids is 1. The van der Waals surface area contributed by atoms with Crippen LogP contribution in [-0.2, 0) is 13.0 Å². The van der Waals surface area contributed by atoms with Gasteiger partial charge in [0.1, 0.15) is 5.82 Å². The van der Waals surface area contributed by atoms with Gasteiger partial charge in [0.15, 0.2) is 11.5 Å². The molecule has 0 fully saturated rings. The highest BCUT2D eigenvalue weighted by Gasteiger charge is 2.19. The summed E-state index contributed by atoms with van der Waals surface area (Å²) in [5, 5.41) is 9.16. The molecule has 24 heavy (non-hydrogen) atoms. The molecule has 1 aromatic heterocycles. The van der Waals surface area contributed by atoms with Crippen molar-refractivity contribution in [1.29, 1.82) is 0 Å². The molecule has 1 aliphatic rings. The molecule has 0 atom stereocenters. The van der Waals surface area contributed by atoms with Crippen molar-refractivity contribution in [2.45, 2.75) is 19.9 Å². The summed E-state index contributed by atoms with van der Waals surface area (Å²) in [5.41, 5.74) is 3.01. The molecule has 2 aromatic carbocycles. The summed E-state index contributed by atoms with van der Waals surface area (Å²) in [5.74, 6) is 1.44. The number of benzene rings is 2. The Labute approximate surface area is 138 Å². The minimum Gasteiger partial charge on any atom is -0.478 e. The number of aromatic carboxylic acids is 1. The van der Waals surface area contributed by atoms with Gasteiger partial charge in [0.25, 0.3) is 0 Å². The number of carbonyl (C=O) groups is 1. The van der Waals surface area contributed by atoms with Crippen molar-refractivity contribution in [2.75, 3.05) is 6.79 Å². The number of aromatic nitrogens is 2. The van der Waals surface area contributed by atoms with Crippen LogP contribution in [0.15, 0.2) is 36.4 Å². The molecule has 0 unspecified atom stereocenters. The minimum atomic E-state index is -0.925. The Hall–Kier alpha value is -3.02. The van der Waals surface area contributed by atoms with Gasteiger partial charge in [-0.15, -0.1) is 0 Å². The first-order valence-electron chi connectivity index (χ1n) is 7.76. The van der Waals surface area contributed by atoms with Crippen molar-refractivity contribution in [2.24, 2.45) is 0 Å². The number of rotatable bonds is 4. The predicted octanol–water partition coefficient (Wildman–Crippen LogP) is 3.07. The molecule has 4 rings (SSSR count). The van der Waals surface area contributed by atoms with Gasteiger partial charge >= 0.3 is 5.97 Å². The van der Waals surface area contributed by atoms with E-state index >= 15 is 0 Å². The monoisotopic (exact) mass is 324 g/mol. The zero-order valence-electron chi connectivity index (χ0n) is 13.2. The smallest absolute Gasteiger partial charge is 0.335 e. The molecule has 0 saturated carbocycles. The van der Waals surface area contributed by atoms with Crippen molar-refractivity contribution < 1.29 is 19.4 Å². The molecule has 0 aliphatic carbocycles. The zero-order valence-corrected chi connectivity index (χ0v) is 13.2. The molecule has 1 aliphatic heterocycles. The Morgan fingerprint density at radius 2 is 2.04 bits per heavy atom. The topological polar surface area (TPSA) is 73.6 Å². The first-order valence-corrected chi connectivity index (χ1v) is 7.76. The molecule has 0 saturated heterocycles. The Balaban J connectivity index is 1.80. The summed E-state index contributed by atoms with van der Waals surface area (Å²) in [6, 6.07) is 10.8. The molecule has 6 heteroatoms. The number of carboxylic acid groups (broad SMARTS) is 1. The lowest BCUT2D eigenvalue weighted by Gasteiger charge is -2.09. The molecule has 6 nitrogen and oxygen atoms in total.